The summed E-state index contributed by atoms with van der Waals surface area (Å²) in [6.07, 6.45) is 0.772. The number of thiazole rings is 1. The summed E-state index contributed by atoms with van der Waals surface area (Å²) in [6, 6.07) is 7.18. The first-order chi connectivity index (χ1) is 11.4. The summed E-state index contributed by atoms with van der Waals surface area (Å²) < 4.78 is 0. The lowest BCUT2D eigenvalue weighted by molar-refractivity contribution is -0.143. The number of carbonyl (C=O) groups excluding carboxylic acids is 1. The summed E-state index contributed by atoms with van der Waals surface area (Å²) in [7, 11) is 0. The van der Waals surface area contributed by atoms with Gasteiger partial charge in [-0.25, -0.2) is 9.78 Å². The van der Waals surface area contributed by atoms with Gasteiger partial charge in [0.25, 0.3) is 0 Å². The Hall–Kier alpha value is -2.21. The van der Waals surface area contributed by atoms with Crippen LogP contribution >= 0.6 is 11.3 Å². The van der Waals surface area contributed by atoms with Gasteiger partial charge in [-0.3, -0.25) is 4.79 Å². The second kappa shape index (κ2) is 8.06. The lowest BCUT2D eigenvalue weighted by atomic mass is 9.99. The van der Waals surface area contributed by atoms with Crippen molar-refractivity contribution in [2.24, 2.45) is 5.92 Å². The first-order valence-corrected chi connectivity index (χ1v) is 8.82. The summed E-state index contributed by atoms with van der Waals surface area (Å²) in [4.78, 5) is 27.9. The van der Waals surface area contributed by atoms with Crippen LogP contribution in [0.5, 0.6) is 0 Å². The summed E-state index contributed by atoms with van der Waals surface area (Å²) in [5, 5.41) is 14.5. The second-order valence-electron chi connectivity index (χ2n) is 5.96. The number of carboxylic acids is 1. The predicted octanol–water partition coefficient (Wildman–Crippen LogP) is 3.28. The minimum Gasteiger partial charge on any atom is -0.480 e. The number of aryl methyl sites for hydroxylation is 1. The first kappa shape index (κ1) is 18.1. The minimum absolute atomic E-state index is 0.0859. The Bertz CT molecular complexity index is 709. The van der Waals surface area contributed by atoms with Gasteiger partial charge in [0.1, 0.15) is 11.0 Å². The van der Waals surface area contributed by atoms with Crippen LogP contribution in [0.2, 0.25) is 0 Å². The molecule has 24 heavy (non-hydrogen) atoms. The van der Waals surface area contributed by atoms with E-state index in [9.17, 15) is 14.7 Å². The maximum Gasteiger partial charge on any atom is 0.326 e. The van der Waals surface area contributed by atoms with Crippen molar-refractivity contribution in [2.45, 2.75) is 39.7 Å². The van der Waals surface area contributed by atoms with Crippen molar-refractivity contribution in [1.82, 2.24) is 10.3 Å². The van der Waals surface area contributed by atoms with Crippen LogP contribution in [0.25, 0.3) is 10.6 Å². The van der Waals surface area contributed by atoms with Crippen molar-refractivity contribution in [2.75, 3.05) is 0 Å². The van der Waals surface area contributed by atoms with Crippen molar-refractivity contribution < 1.29 is 14.7 Å². The van der Waals surface area contributed by atoms with Crippen LogP contribution in [0.15, 0.2) is 29.6 Å². The maximum absolute atomic E-state index is 12.1. The Morgan fingerprint density at radius 1 is 1.29 bits per heavy atom. The average Bonchev–Trinajstić information content (AvgIpc) is 3.00. The molecule has 0 saturated carbocycles. The molecule has 0 aliphatic carbocycles. The Morgan fingerprint density at radius 2 is 1.96 bits per heavy atom. The first-order valence-electron chi connectivity index (χ1n) is 7.94. The zero-order valence-electron chi connectivity index (χ0n) is 14.1. The van der Waals surface area contributed by atoms with Crippen LogP contribution in [0.4, 0.5) is 0 Å². The number of amides is 1. The van der Waals surface area contributed by atoms with Crippen LogP contribution in [0.1, 0.15) is 31.5 Å². The third-order valence-corrected chi connectivity index (χ3v) is 4.93. The van der Waals surface area contributed by atoms with E-state index in [0.29, 0.717) is 12.1 Å². The molecule has 0 fully saturated rings. The van der Waals surface area contributed by atoms with Gasteiger partial charge in [-0.05, 0) is 12.8 Å². The fourth-order valence-corrected chi connectivity index (χ4v) is 3.11. The lowest BCUT2D eigenvalue weighted by Gasteiger charge is -2.19. The van der Waals surface area contributed by atoms with Crippen LogP contribution in [0.3, 0.4) is 0 Å². The fraction of sp³-hybridized carbons (Fsp3) is 0.389. The molecular weight excluding hydrogens is 324 g/mol. The van der Waals surface area contributed by atoms with E-state index < -0.39 is 12.0 Å². The fourth-order valence-electron chi connectivity index (χ4n) is 2.29. The Morgan fingerprint density at radius 3 is 2.54 bits per heavy atom. The summed E-state index contributed by atoms with van der Waals surface area (Å²) in [5.74, 6) is -1.44. The van der Waals surface area contributed by atoms with Crippen LogP contribution in [-0.2, 0) is 16.0 Å². The number of aromatic nitrogens is 1. The molecule has 0 aliphatic heterocycles. The van der Waals surface area contributed by atoms with Crippen molar-refractivity contribution in [3.05, 3.63) is 40.9 Å². The summed E-state index contributed by atoms with van der Waals surface area (Å²) in [6.45, 7) is 5.75. The number of hydrogen-bond acceptors (Lipinski definition) is 4. The Kier molecular flexibility index (Phi) is 6.09. The van der Waals surface area contributed by atoms with Gasteiger partial charge >= 0.3 is 5.97 Å². The monoisotopic (exact) mass is 346 g/mol. The molecule has 2 atom stereocenters. The zero-order valence-corrected chi connectivity index (χ0v) is 14.9. The lowest BCUT2D eigenvalue weighted by Crippen LogP contribution is -2.45. The highest BCUT2D eigenvalue weighted by Crippen LogP contribution is 2.24. The Labute approximate surface area is 145 Å². The van der Waals surface area contributed by atoms with Gasteiger partial charge in [0.15, 0.2) is 0 Å². The van der Waals surface area contributed by atoms with Crippen molar-refractivity contribution >= 4 is 23.2 Å². The summed E-state index contributed by atoms with van der Waals surface area (Å²) >= 11 is 1.48. The minimum atomic E-state index is -1.00. The highest BCUT2D eigenvalue weighted by molar-refractivity contribution is 7.13. The van der Waals surface area contributed by atoms with Gasteiger partial charge in [0, 0.05) is 10.9 Å². The second-order valence-corrected chi connectivity index (χ2v) is 6.81. The third kappa shape index (κ3) is 4.64. The molecule has 128 valence electrons. The molecule has 0 spiro atoms. The maximum atomic E-state index is 12.1. The molecule has 0 bridgehead atoms. The molecule has 1 heterocycles. The highest BCUT2D eigenvalue weighted by Gasteiger charge is 2.25. The number of hydrogen-bond donors (Lipinski definition) is 2. The zero-order chi connectivity index (χ0) is 17.7. The molecule has 0 saturated heterocycles. The number of aliphatic carboxylic acids is 1. The SMILES string of the molecule is CCC(C)C(NC(=O)Cc1csc(-c2ccc(C)cc2)n1)C(=O)O. The van der Waals surface area contributed by atoms with Gasteiger partial charge in [-0.15, -0.1) is 11.3 Å². The van der Waals surface area contributed by atoms with Crippen LogP contribution in [-0.4, -0.2) is 28.0 Å². The van der Waals surface area contributed by atoms with Gasteiger partial charge in [-0.1, -0.05) is 50.1 Å². The molecule has 2 N–H and O–H groups in total. The van der Waals surface area contributed by atoms with E-state index in [0.717, 1.165) is 10.6 Å². The molecule has 2 aromatic rings. The smallest absolute Gasteiger partial charge is 0.326 e. The average molecular weight is 346 g/mol. The van der Waals surface area contributed by atoms with Crippen molar-refractivity contribution in [3.63, 3.8) is 0 Å². The van der Waals surface area contributed by atoms with E-state index in [1.54, 1.807) is 0 Å². The molecular formula is C18H22N2O3S. The van der Waals surface area contributed by atoms with Crippen LogP contribution < -0.4 is 5.32 Å². The van der Waals surface area contributed by atoms with E-state index >= 15 is 0 Å². The highest BCUT2D eigenvalue weighted by atomic mass is 32.1. The van der Waals surface area contributed by atoms with Gasteiger partial charge in [0.05, 0.1) is 12.1 Å². The molecule has 2 rings (SSSR count). The van der Waals surface area contributed by atoms with Gasteiger partial charge < -0.3 is 10.4 Å². The van der Waals surface area contributed by atoms with E-state index in [2.05, 4.69) is 10.3 Å². The van der Waals surface area contributed by atoms with Gasteiger partial charge in [0.2, 0.25) is 5.91 Å². The predicted molar refractivity (Wildman–Crippen MR) is 95.0 cm³/mol. The third-order valence-electron chi connectivity index (χ3n) is 3.99. The van der Waals surface area contributed by atoms with Crippen LogP contribution in [0, 0.1) is 12.8 Å². The molecule has 1 aromatic heterocycles. The standard InChI is InChI=1S/C18H22N2O3S/c1-4-12(3)16(18(22)23)20-15(21)9-14-10-24-17(19-14)13-7-5-11(2)6-8-13/h5-8,10,12,16H,4,9H2,1-3H3,(H,20,21)(H,22,23). The number of rotatable bonds is 7. The summed E-state index contributed by atoms with van der Waals surface area (Å²) in [5.41, 5.74) is 2.85. The molecule has 1 amide bonds. The van der Waals surface area contributed by atoms with E-state index in [-0.39, 0.29) is 18.2 Å². The number of nitrogens with zero attached hydrogens (tertiary/aromatic N) is 1. The molecule has 0 radical (unpaired) electrons. The van der Waals surface area contributed by atoms with Crippen molar-refractivity contribution in [1.29, 1.82) is 0 Å². The largest absolute Gasteiger partial charge is 0.480 e. The topological polar surface area (TPSA) is 79.3 Å². The number of nitrogens with one attached hydrogen (secondary N) is 1. The molecule has 0 aliphatic rings. The number of benzene rings is 1. The quantitative estimate of drug-likeness (QED) is 0.806. The van der Waals surface area contributed by atoms with E-state index in [1.165, 1.54) is 16.9 Å². The number of carboxylic acid groups (broad SMARTS) is 1. The normalized spacial score (nSPS) is 13.3. The molecule has 6 heteroatoms. The molecule has 5 nitrogen and oxygen atoms in total. The Balaban J connectivity index is 2.02. The number of carbonyl (C=O) groups is 2. The molecule has 1 aromatic carbocycles. The van der Waals surface area contributed by atoms with Gasteiger partial charge in [-0.2, -0.15) is 0 Å². The van der Waals surface area contributed by atoms with Crippen molar-refractivity contribution in [3.8, 4) is 10.6 Å². The van der Waals surface area contributed by atoms with E-state index in [4.69, 9.17) is 0 Å². The van der Waals surface area contributed by atoms with E-state index in [1.807, 2.05) is 50.4 Å². The molecule has 2 unspecified atom stereocenters.